The Balaban J connectivity index is 1.44. The fourth-order valence-corrected chi connectivity index (χ4v) is 3.51. The normalized spacial score (nSPS) is 16.9. The first-order chi connectivity index (χ1) is 13.5. The molecular formula is C20H19FN4O3. The maximum absolute atomic E-state index is 13.1. The van der Waals surface area contributed by atoms with E-state index in [0.717, 1.165) is 6.42 Å². The molecule has 2 amide bonds. The minimum atomic E-state index is -0.395. The van der Waals surface area contributed by atoms with E-state index in [9.17, 15) is 18.8 Å². The lowest BCUT2D eigenvalue weighted by atomic mass is 9.96. The SMILES string of the molecule is O=C(Nc1ccc2[nH]c(=O)[nH]c2c1)C1CCCN(C(=O)c2ccc(F)cc2)C1. The number of imidazole rings is 1. The molecule has 1 aliphatic rings. The van der Waals surface area contributed by atoms with Crippen molar-refractivity contribution in [2.45, 2.75) is 12.8 Å². The fraction of sp³-hybridized carbons (Fsp3) is 0.250. The molecule has 0 saturated carbocycles. The molecule has 7 nitrogen and oxygen atoms in total. The average molecular weight is 382 g/mol. The minimum absolute atomic E-state index is 0.172. The zero-order valence-corrected chi connectivity index (χ0v) is 15.0. The molecule has 4 rings (SSSR count). The number of aromatic amines is 2. The minimum Gasteiger partial charge on any atom is -0.338 e. The maximum atomic E-state index is 13.1. The molecule has 1 atom stereocenters. The number of likely N-dealkylation sites (tertiary alicyclic amines) is 1. The first kappa shape index (κ1) is 18.0. The number of amides is 2. The van der Waals surface area contributed by atoms with Gasteiger partial charge < -0.3 is 20.2 Å². The van der Waals surface area contributed by atoms with Crippen LogP contribution >= 0.6 is 0 Å². The molecule has 144 valence electrons. The van der Waals surface area contributed by atoms with Gasteiger partial charge in [-0.05, 0) is 55.3 Å². The average Bonchev–Trinajstić information content (AvgIpc) is 3.07. The fourth-order valence-electron chi connectivity index (χ4n) is 3.51. The van der Waals surface area contributed by atoms with Crippen LogP contribution in [0.25, 0.3) is 11.0 Å². The zero-order valence-electron chi connectivity index (χ0n) is 15.0. The van der Waals surface area contributed by atoms with Gasteiger partial charge in [0.1, 0.15) is 5.82 Å². The largest absolute Gasteiger partial charge is 0.338 e. The van der Waals surface area contributed by atoms with Gasteiger partial charge in [0.15, 0.2) is 0 Å². The number of fused-ring (bicyclic) bond motifs is 1. The Hall–Kier alpha value is -3.42. The van der Waals surface area contributed by atoms with Gasteiger partial charge in [0.05, 0.1) is 17.0 Å². The number of nitrogens with one attached hydrogen (secondary N) is 3. The van der Waals surface area contributed by atoms with Crippen LogP contribution in [0.2, 0.25) is 0 Å². The van der Waals surface area contributed by atoms with Crippen LogP contribution in [0.3, 0.4) is 0 Å². The molecule has 1 fully saturated rings. The van der Waals surface area contributed by atoms with Crippen LogP contribution in [-0.2, 0) is 4.79 Å². The Morgan fingerprint density at radius 3 is 2.61 bits per heavy atom. The summed E-state index contributed by atoms with van der Waals surface area (Å²) in [7, 11) is 0. The van der Waals surface area contributed by atoms with Crippen LogP contribution in [-0.4, -0.2) is 39.8 Å². The number of carbonyl (C=O) groups is 2. The summed E-state index contributed by atoms with van der Waals surface area (Å²) in [6.45, 7) is 0.877. The van der Waals surface area contributed by atoms with Crippen LogP contribution in [0, 0.1) is 11.7 Å². The van der Waals surface area contributed by atoms with Crippen molar-refractivity contribution < 1.29 is 14.0 Å². The molecular weight excluding hydrogens is 363 g/mol. The molecule has 1 aromatic heterocycles. The number of hydrogen-bond donors (Lipinski definition) is 3. The number of benzene rings is 2. The van der Waals surface area contributed by atoms with Gasteiger partial charge in [-0.15, -0.1) is 0 Å². The van der Waals surface area contributed by atoms with Crippen molar-refractivity contribution in [2.24, 2.45) is 5.92 Å². The van der Waals surface area contributed by atoms with Crippen LogP contribution in [0.1, 0.15) is 23.2 Å². The standard InChI is InChI=1S/C20H19FN4O3/c21-14-5-3-12(4-6-14)19(27)25-9-1-2-13(11-25)18(26)22-15-7-8-16-17(10-15)24-20(28)23-16/h3-8,10,13H,1-2,9,11H2,(H,22,26)(H2,23,24,28). The Morgan fingerprint density at radius 1 is 1.07 bits per heavy atom. The Morgan fingerprint density at radius 2 is 1.82 bits per heavy atom. The third-order valence-corrected chi connectivity index (χ3v) is 4.95. The summed E-state index contributed by atoms with van der Waals surface area (Å²) >= 11 is 0. The summed E-state index contributed by atoms with van der Waals surface area (Å²) in [6, 6.07) is 10.5. The number of hydrogen-bond acceptors (Lipinski definition) is 3. The molecule has 0 aliphatic carbocycles. The highest BCUT2D eigenvalue weighted by atomic mass is 19.1. The van der Waals surface area contributed by atoms with Crippen molar-refractivity contribution in [1.82, 2.24) is 14.9 Å². The molecule has 0 radical (unpaired) electrons. The number of anilines is 1. The number of halogens is 1. The Kier molecular flexibility index (Phi) is 4.68. The van der Waals surface area contributed by atoms with E-state index in [0.29, 0.717) is 41.8 Å². The lowest BCUT2D eigenvalue weighted by Gasteiger charge is -2.32. The van der Waals surface area contributed by atoms with Crippen molar-refractivity contribution in [3.05, 3.63) is 64.3 Å². The highest BCUT2D eigenvalue weighted by Crippen LogP contribution is 2.22. The highest BCUT2D eigenvalue weighted by Gasteiger charge is 2.29. The Bertz CT molecular complexity index is 1090. The van der Waals surface area contributed by atoms with Gasteiger partial charge in [-0.2, -0.15) is 0 Å². The van der Waals surface area contributed by atoms with E-state index in [2.05, 4.69) is 15.3 Å². The second kappa shape index (κ2) is 7.30. The second-order valence-corrected chi connectivity index (χ2v) is 6.93. The molecule has 0 bridgehead atoms. The number of H-pyrrole nitrogens is 2. The van der Waals surface area contributed by atoms with Gasteiger partial charge in [0.25, 0.3) is 5.91 Å². The summed E-state index contributed by atoms with van der Waals surface area (Å²) in [6.07, 6.45) is 1.40. The molecule has 1 aliphatic heterocycles. The van der Waals surface area contributed by atoms with Crippen LogP contribution in [0.4, 0.5) is 10.1 Å². The quantitative estimate of drug-likeness (QED) is 0.649. The van der Waals surface area contributed by atoms with Crippen molar-refractivity contribution in [2.75, 3.05) is 18.4 Å². The van der Waals surface area contributed by atoms with Gasteiger partial charge in [0, 0.05) is 24.3 Å². The molecule has 28 heavy (non-hydrogen) atoms. The van der Waals surface area contributed by atoms with Gasteiger partial charge in [-0.25, -0.2) is 9.18 Å². The summed E-state index contributed by atoms with van der Waals surface area (Å²) in [5, 5.41) is 2.86. The van der Waals surface area contributed by atoms with Crippen LogP contribution < -0.4 is 11.0 Å². The van der Waals surface area contributed by atoms with Gasteiger partial charge in [-0.1, -0.05) is 0 Å². The van der Waals surface area contributed by atoms with Crippen molar-refractivity contribution >= 4 is 28.5 Å². The molecule has 1 saturated heterocycles. The summed E-state index contributed by atoms with van der Waals surface area (Å²) in [5.41, 5.74) is 1.95. The van der Waals surface area contributed by atoms with E-state index in [-0.39, 0.29) is 23.4 Å². The lowest BCUT2D eigenvalue weighted by Crippen LogP contribution is -2.43. The van der Waals surface area contributed by atoms with Gasteiger partial charge in [0.2, 0.25) is 5.91 Å². The zero-order chi connectivity index (χ0) is 19.7. The van der Waals surface area contributed by atoms with Crippen LogP contribution in [0.5, 0.6) is 0 Å². The number of piperidine rings is 1. The molecule has 8 heteroatoms. The monoisotopic (exact) mass is 382 g/mol. The van der Waals surface area contributed by atoms with E-state index in [1.807, 2.05) is 0 Å². The predicted octanol–water partition coefficient (Wildman–Crippen LogP) is 2.49. The van der Waals surface area contributed by atoms with Crippen molar-refractivity contribution in [1.29, 1.82) is 0 Å². The predicted molar refractivity (Wildman–Crippen MR) is 103 cm³/mol. The lowest BCUT2D eigenvalue weighted by molar-refractivity contribution is -0.121. The molecule has 3 aromatic rings. The maximum Gasteiger partial charge on any atom is 0.323 e. The second-order valence-electron chi connectivity index (χ2n) is 6.93. The van der Waals surface area contributed by atoms with Crippen molar-refractivity contribution in [3.63, 3.8) is 0 Å². The van der Waals surface area contributed by atoms with Crippen molar-refractivity contribution in [3.8, 4) is 0 Å². The molecule has 1 unspecified atom stereocenters. The van der Waals surface area contributed by atoms with Crippen LogP contribution in [0.15, 0.2) is 47.3 Å². The van der Waals surface area contributed by atoms with E-state index < -0.39 is 5.82 Å². The number of nitrogens with zero attached hydrogens (tertiary/aromatic N) is 1. The topological polar surface area (TPSA) is 98.1 Å². The third-order valence-electron chi connectivity index (χ3n) is 4.95. The van der Waals surface area contributed by atoms with E-state index >= 15 is 0 Å². The third kappa shape index (κ3) is 3.66. The van der Waals surface area contributed by atoms with E-state index in [1.165, 1.54) is 24.3 Å². The molecule has 2 aromatic carbocycles. The number of rotatable bonds is 3. The number of aromatic nitrogens is 2. The smallest absolute Gasteiger partial charge is 0.323 e. The number of carbonyl (C=O) groups excluding carboxylic acids is 2. The molecule has 3 N–H and O–H groups in total. The summed E-state index contributed by atoms with van der Waals surface area (Å²) in [4.78, 5) is 43.6. The molecule has 2 heterocycles. The van der Waals surface area contributed by atoms with E-state index in [4.69, 9.17) is 0 Å². The highest BCUT2D eigenvalue weighted by molar-refractivity contribution is 5.97. The first-order valence-corrected chi connectivity index (χ1v) is 9.07. The molecule has 0 spiro atoms. The van der Waals surface area contributed by atoms with Gasteiger partial charge >= 0.3 is 5.69 Å². The Labute approximate surface area is 159 Å². The van der Waals surface area contributed by atoms with E-state index in [1.54, 1.807) is 23.1 Å². The summed E-state index contributed by atoms with van der Waals surface area (Å²) in [5.74, 6) is -1.11. The first-order valence-electron chi connectivity index (χ1n) is 9.07. The summed E-state index contributed by atoms with van der Waals surface area (Å²) < 4.78 is 13.1. The van der Waals surface area contributed by atoms with Gasteiger partial charge in [-0.3, -0.25) is 9.59 Å².